The third kappa shape index (κ3) is 2.74. The number of hydrogen-bond acceptors (Lipinski definition) is 4. The van der Waals surface area contributed by atoms with Gasteiger partial charge in [0.1, 0.15) is 17.6 Å². The largest absolute Gasteiger partial charge is 0.508 e. The lowest BCUT2D eigenvalue weighted by Crippen LogP contribution is -2.16. The molecule has 2 aromatic carbocycles. The smallest absolute Gasteiger partial charge is 0.337 e. The van der Waals surface area contributed by atoms with Gasteiger partial charge in [-0.1, -0.05) is 17.7 Å². The summed E-state index contributed by atoms with van der Waals surface area (Å²) in [4.78, 5) is 11.6. The SMILES string of the molecule is COC(=O)c1ccc2c(c1)CCC(c1ccc(O)cc1Cl)O2. The highest BCUT2D eigenvalue weighted by Crippen LogP contribution is 2.38. The quantitative estimate of drug-likeness (QED) is 0.853. The number of halogens is 1. The van der Waals surface area contributed by atoms with E-state index in [1.54, 1.807) is 30.3 Å². The molecule has 0 saturated heterocycles. The van der Waals surface area contributed by atoms with E-state index in [1.807, 2.05) is 0 Å². The number of phenolic OH excluding ortho intramolecular Hbond substituents is 1. The van der Waals surface area contributed by atoms with Crippen LogP contribution in [0.1, 0.15) is 34.0 Å². The summed E-state index contributed by atoms with van der Waals surface area (Å²) in [5, 5.41) is 9.92. The molecule has 4 nitrogen and oxygen atoms in total. The molecule has 5 heteroatoms. The van der Waals surface area contributed by atoms with Crippen molar-refractivity contribution in [3.63, 3.8) is 0 Å². The van der Waals surface area contributed by atoms with Crippen molar-refractivity contribution >= 4 is 17.6 Å². The summed E-state index contributed by atoms with van der Waals surface area (Å²) in [5.41, 5.74) is 2.35. The molecule has 3 rings (SSSR count). The molecule has 0 bridgehead atoms. The van der Waals surface area contributed by atoms with Crippen LogP contribution in [0.5, 0.6) is 11.5 Å². The lowest BCUT2D eigenvalue weighted by Gasteiger charge is -2.27. The Morgan fingerprint density at radius 3 is 2.86 bits per heavy atom. The molecule has 0 saturated carbocycles. The second-order valence-electron chi connectivity index (χ2n) is 5.17. The minimum Gasteiger partial charge on any atom is -0.508 e. The molecule has 0 amide bonds. The first-order valence-corrected chi connectivity index (χ1v) is 7.32. The van der Waals surface area contributed by atoms with Crippen LogP contribution in [0.4, 0.5) is 0 Å². The number of carbonyl (C=O) groups excluding carboxylic acids is 1. The van der Waals surface area contributed by atoms with Crippen LogP contribution in [0.15, 0.2) is 36.4 Å². The molecule has 0 fully saturated rings. The van der Waals surface area contributed by atoms with Gasteiger partial charge in [0.2, 0.25) is 0 Å². The molecule has 0 aromatic heterocycles. The zero-order valence-electron chi connectivity index (χ0n) is 12.0. The van der Waals surface area contributed by atoms with Gasteiger partial charge in [0.25, 0.3) is 0 Å². The second kappa shape index (κ2) is 5.89. The lowest BCUT2D eigenvalue weighted by atomic mass is 9.96. The highest BCUT2D eigenvalue weighted by atomic mass is 35.5. The van der Waals surface area contributed by atoms with Gasteiger partial charge < -0.3 is 14.6 Å². The predicted octanol–water partition coefficient (Wildman–Crippen LogP) is 3.90. The summed E-state index contributed by atoms with van der Waals surface area (Å²) >= 11 is 6.17. The number of ether oxygens (including phenoxy) is 2. The van der Waals surface area contributed by atoms with Crippen molar-refractivity contribution in [2.45, 2.75) is 18.9 Å². The average Bonchev–Trinajstić information content (AvgIpc) is 2.53. The number of rotatable bonds is 2. The van der Waals surface area contributed by atoms with Gasteiger partial charge in [0, 0.05) is 5.56 Å². The Morgan fingerprint density at radius 2 is 2.14 bits per heavy atom. The molecule has 1 aliphatic rings. The van der Waals surface area contributed by atoms with E-state index >= 15 is 0 Å². The van der Waals surface area contributed by atoms with Gasteiger partial charge in [-0.05, 0) is 48.7 Å². The van der Waals surface area contributed by atoms with E-state index in [9.17, 15) is 9.90 Å². The van der Waals surface area contributed by atoms with Crippen LogP contribution in [0.2, 0.25) is 5.02 Å². The Bertz CT molecular complexity index is 727. The number of aryl methyl sites for hydroxylation is 1. The van der Waals surface area contributed by atoms with E-state index in [0.29, 0.717) is 10.6 Å². The minimum atomic E-state index is -0.355. The fourth-order valence-electron chi connectivity index (χ4n) is 2.63. The van der Waals surface area contributed by atoms with Crippen molar-refractivity contribution in [3.8, 4) is 11.5 Å². The van der Waals surface area contributed by atoms with Crippen LogP contribution in [-0.2, 0) is 11.2 Å². The van der Waals surface area contributed by atoms with Crippen molar-refractivity contribution in [3.05, 3.63) is 58.1 Å². The molecule has 114 valence electrons. The second-order valence-corrected chi connectivity index (χ2v) is 5.57. The molecular weight excluding hydrogens is 304 g/mol. The van der Waals surface area contributed by atoms with Crippen LogP contribution < -0.4 is 4.74 Å². The average molecular weight is 319 g/mol. The standard InChI is InChI=1S/C17H15ClO4/c1-21-17(20)11-3-6-15-10(8-11)2-7-16(22-15)13-5-4-12(19)9-14(13)18/h3-6,8-9,16,19H,2,7H2,1H3. The molecule has 22 heavy (non-hydrogen) atoms. The molecule has 1 N–H and O–H groups in total. The van der Waals surface area contributed by atoms with E-state index in [-0.39, 0.29) is 17.8 Å². The van der Waals surface area contributed by atoms with Crippen molar-refractivity contribution in [1.29, 1.82) is 0 Å². The molecule has 0 radical (unpaired) electrons. The maximum Gasteiger partial charge on any atom is 0.337 e. The predicted molar refractivity (Wildman–Crippen MR) is 82.6 cm³/mol. The number of aromatic hydroxyl groups is 1. The van der Waals surface area contributed by atoms with Gasteiger partial charge in [-0.2, -0.15) is 0 Å². The van der Waals surface area contributed by atoms with Crippen LogP contribution >= 0.6 is 11.6 Å². The first kappa shape index (κ1) is 14.7. The van der Waals surface area contributed by atoms with Crippen molar-refractivity contribution in [2.24, 2.45) is 0 Å². The summed E-state index contributed by atoms with van der Waals surface area (Å²) < 4.78 is 10.7. The molecule has 1 heterocycles. The van der Waals surface area contributed by atoms with E-state index in [2.05, 4.69) is 0 Å². The highest BCUT2D eigenvalue weighted by Gasteiger charge is 2.24. The van der Waals surface area contributed by atoms with Crippen molar-refractivity contribution in [2.75, 3.05) is 7.11 Å². The summed E-state index contributed by atoms with van der Waals surface area (Å²) in [7, 11) is 1.36. The Balaban J connectivity index is 1.86. The van der Waals surface area contributed by atoms with Gasteiger partial charge in [0.05, 0.1) is 17.7 Å². The summed E-state index contributed by atoms with van der Waals surface area (Å²) in [6.07, 6.45) is 1.37. The van der Waals surface area contributed by atoms with E-state index in [1.165, 1.54) is 13.2 Å². The zero-order valence-corrected chi connectivity index (χ0v) is 12.8. The molecule has 2 aromatic rings. The minimum absolute atomic E-state index is 0.132. The van der Waals surface area contributed by atoms with Crippen LogP contribution in [0.25, 0.3) is 0 Å². The van der Waals surface area contributed by atoms with E-state index < -0.39 is 0 Å². The molecule has 0 spiro atoms. The third-order valence-corrected chi connectivity index (χ3v) is 4.08. The third-order valence-electron chi connectivity index (χ3n) is 3.76. The summed E-state index contributed by atoms with van der Waals surface area (Å²) in [5.74, 6) is 0.521. The monoisotopic (exact) mass is 318 g/mol. The molecule has 0 aliphatic carbocycles. The Labute approximate surface area is 133 Å². The first-order valence-electron chi connectivity index (χ1n) is 6.95. The number of fused-ring (bicyclic) bond motifs is 1. The Morgan fingerprint density at radius 1 is 1.32 bits per heavy atom. The fourth-order valence-corrected chi connectivity index (χ4v) is 2.93. The normalized spacial score (nSPS) is 16.5. The van der Waals surface area contributed by atoms with Gasteiger partial charge in [-0.15, -0.1) is 0 Å². The molecule has 1 atom stereocenters. The summed E-state index contributed by atoms with van der Waals surface area (Å²) in [6.45, 7) is 0. The van der Waals surface area contributed by atoms with Gasteiger partial charge in [0.15, 0.2) is 0 Å². The Kier molecular flexibility index (Phi) is 3.94. The molecular formula is C17H15ClO4. The Hall–Kier alpha value is -2.20. The van der Waals surface area contributed by atoms with Crippen LogP contribution in [0.3, 0.4) is 0 Å². The van der Waals surface area contributed by atoms with Gasteiger partial charge >= 0.3 is 5.97 Å². The lowest BCUT2D eigenvalue weighted by molar-refractivity contribution is 0.0600. The molecule has 1 unspecified atom stereocenters. The first-order chi connectivity index (χ1) is 10.6. The maximum absolute atomic E-state index is 11.6. The van der Waals surface area contributed by atoms with E-state index in [0.717, 1.165) is 29.7 Å². The number of methoxy groups -OCH3 is 1. The molecule has 1 aliphatic heterocycles. The number of benzene rings is 2. The fraction of sp³-hybridized carbons (Fsp3) is 0.235. The van der Waals surface area contributed by atoms with Crippen LogP contribution in [-0.4, -0.2) is 18.2 Å². The number of esters is 1. The van der Waals surface area contributed by atoms with E-state index in [4.69, 9.17) is 21.1 Å². The van der Waals surface area contributed by atoms with Gasteiger partial charge in [-0.3, -0.25) is 0 Å². The van der Waals surface area contributed by atoms with Gasteiger partial charge in [-0.25, -0.2) is 4.79 Å². The number of carbonyl (C=O) groups is 1. The highest BCUT2D eigenvalue weighted by molar-refractivity contribution is 6.31. The summed E-state index contributed by atoms with van der Waals surface area (Å²) in [6, 6.07) is 10.1. The van der Waals surface area contributed by atoms with Crippen LogP contribution in [0, 0.1) is 0 Å². The zero-order chi connectivity index (χ0) is 15.7. The van der Waals surface area contributed by atoms with Crippen molar-refractivity contribution < 1.29 is 19.4 Å². The van der Waals surface area contributed by atoms with Crippen molar-refractivity contribution in [1.82, 2.24) is 0 Å². The topological polar surface area (TPSA) is 55.8 Å². The maximum atomic E-state index is 11.6. The number of hydrogen-bond donors (Lipinski definition) is 1. The number of phenols is 1.